The van der Waals surface area contributed by atoms with E-state index in [1.807, 2.05) is 12.1 Å². The molecule has 3 N–H and O–H groups in total. The first-order chi connectivity index (χ1) is 5.81. The van der Waals surface area contributed by atoms with Gasteiger partial charge in [-0.3, -0.25) is 11.3 Å². The Morgan fingerprint density at radius 3 is 3.08 bits per heavy atom. The third-order valence-electron chi connectivity index (χ3n) is 2.39. The van der Waals surface area contributed by atoms with Crippen LogP contribution in [-0.2, 0) is 6.42 Å². The summed E-state index contributed by atoms with van der Waals surface area (Å²) in [7, 11) is 0. The molecule has 0 amide bonds. The molecule has 0 radical (unpaired) electrons. The Bertz CT molecular complexity index is 299. The number of hydrogen-bond donors (Lipinski definition) is 2. The molecule has 0 saturated heterocycles. The van der Waals surface area contributed by atoms with Crippen LogP contribution in [0.3, 0.4) is 0 Å². The van der Waals surface area contributed by atoms with E-state index in [9.17, 15) is 0 Å². The summed E-state index contributed by atoms with van der Waals surface area (Å²) in [6, 6.07) is 6.29. The second-order valence-electron chi connectivity index (χ2n) is 3.10. The minimum absolute atomic E-state index is 0.290. The van der Waals surface area contributed by atoms with Crippen LogP contribution in [0.1, 0.15) is 23.6 Å². The normalized spacial score (nSPS) is 21.0. The number of aryl methyl sites for hydroxylation is 1. The van der Waals surface area contributed by atoms with Crippen molar-refractivity contribution in [1.29, 1.82) is 0 Å². The first-order valence-corrected chi connectivity index (χ1v) is 4.43. The Balaban J connectivity index is 2.42. The molecule has 1 aromatic carbocycles. The summed E-state index contributed by atoms with van der Waals surface area (Å²) in [5, 5.41) is 0.788. The molecule has 1 aromatic rings. The van der Waals surface area contributed by atoms with Gasteiger partial charge < -0.3 is 0 Å². The highest BCUT2D eigenvalue weighted by molar-refractivity contribution is 6.30. The minimum Gasteiger partial charge on any atom is -0.271 e. The van der Waals surface area contributed by atoms with E-state index in [1.54, 1.807) is 0 Å². The molecule has 1 aliphatic rings. The van der Waals surface area contributed by atoms with Crippen molar-refractivity contribution in [3.63, 3.8) is 0 Å². The summed E-state index contributed by atoms with van der Waals surface area (Å²) >= 11 is 5.88. The lowest BCUT2D eigenvalue weighted by atomic mass is 10.1. The molecule has 0 fully saturated rings. The third kappa shape index (κ3) is 1.22. The fourth-order valence-electron chi connectivity index (χ4n) is 1.75. The van der Waals surface area contributed by atoms with Crippen LogP contribution < -0.4 is 11.3 Å². The van der Waals surface area contributed by atoms with Crippen LogP contribution in [0.5, 0.6) is 0 Å². The van der Waals surface area contributed by atoms with Crippen LogP contribution in [0.4, 0.5) is 0 Å². The van der Waals surface area contributed by atoms with Gasteiger partial charge in [-0.2, -0.15) is 0 Å². The van der Waals surface area contributed by atoms with Gasteiger partial charge in [0.15, 0.2) is 0 Å². The van der Waals surface area contributed by atoms with E-state index in [4.69, 9.17) is 17.4 Å². The van der Waals surface area contributed by atoms with Crippen molar-refractivity contribution in [3.05, 3.63) is 34.3 Å². The van der Waals surface area contributed by atoms with Crippen molar-refractivity contribution >= 4 is 11.6 Å². The molecule has 0 unspecified atom stereocenters. The van der Waals surface area contributed by atoms with Gasteiger partial charge in [-0.1, -0.05) is 17.7 Å². The van der Waals surface area contributed by atoms with Crippen LogP contribution in [0.2, 0.25) is 5.02 Å². The number of rotatable bonds is 1. The molecule has 1 atom stereocenters. The van der Waals surface area contributed by atoms with Crippen molar-refractivity contribution in [1.82, 2.24) is 5.43 Å². The lowest BCUT2D eigenvalue weighted by molar-refractivity contribution is 0.551. The molecule has 0 heterocycles. The molecule has 2 nitrogen and oxygen atoms in total. The SMILES string of the molecule is NN[C@@H]1CCc2ccc(Cl)cc21. The first kappa shape index (κ1) is 8.05. The first-order valence-electron chi connectivity index (χ1n) is 4.05. The average Bonchev–Trinajstić information content (AvgIpc) is 2.46. The predicted octanol–water partition coefficient (Wildman–Crippen LogP) is 1.79. The van der Waals surface area contributed by atoms with E-state index in [2.05, 4.69) is 11.5 Å². The van der Waals surface area contributed by atoms with Crippen molar-refractivity contribution in [3.8, 4) is 0 Å². The van der Waals surface area contributed by atoms with Gasteiger partial charge in [-0.05, 0) is 36.1 Å². The minimum atomic E-state index is 0.290. The summed E-state index contributed by atoms with van der Waals surface area (Å²) < 4.78 is 0. The van der Waals surface area contributed by atoms with Gasteiger partial charge in [-0.15, -0.1) is 0 Å². The number of hydrogen-bond acceptors (Lipinski definition) is 2. The maximum atomic E-state index is 5.88. The monoisotopic (exact) mass is 182 g/mol. The van der Waals surface area contributed by atoms with E-state index in [-0.39, 0.29) is 0 Å². The van der Waals surface area contributed by atoms with Crippen molar-refractivity contribution in [2.24, 2.45) is 5.84 Å². The van der Waals surface area contributed by atoms with E-state index < -0.39 is 0 Å². The topological polar surface area (TPSA) is 38.0 Å². The summed E-state index contributed by atoms with van der Waals surface area (Å²) in [6.45, 7) is 0. The van der Waals surface area contributed by atoms with Gasteiger partial charge in [-0.25, -0.2) is 0 Å². The Morgan fingerprint density at radius 2 is 2.33 bits per heavy atom. The van der Waals surface area contributed by atoms with E-state index >= 15 is 0 Å². The fourth-order valence-corrected chi connectivity index (χ4v) is 1.93. The van der Waals surface area contributed by atoms with E-state index in [1.165, 1.54) is 11.1 Å². The Kier molecular flexibility index (Phi) is 2.05. The van der Waals surface area contributed by atoms with Crippen molar-refractivity contribution < 1.29 is 0 Å². The molecule has 1 aliphatic carbocycles. The largest absolute Gasteiger partial charge is 0.271 e. The molecule has 0 aliphatic heterocycles. The number of fused-ring (bicyclic) bond motifs is 1. The Hall–Kier alpha value is -0.570. The Labute approximate surface area is 76.7 Å². The van der Waals surface area contributed by atoms with Gasteiger partial charge >= 0.3 is 0 Å². The van der Waals surface area contributed by atoms with Crippen LogP contribution in [-0.4, -0.2) is 0 Å². The van der Waals surface area contributed by atoms with Crippen LogP contribution in [0.25, 0.3) is 0 Å². The third-order valence-corrected chi connectivity index (χ3v) is 2.62. The molecule has 3 heteroatoms. The quantitative estimate of drug-likeness (QED) is 0.514. The zero-order chi connectivity index (χ0) is 8.55. The maximum Gasteiger partial charge on any atom is 0.0466 e. The van der Waals surface area contributed by atoms with Crippen LogP contribution in [0.15, 0.2) is 18.2 Å². The highest BCUT2D eigenvalue weighted by Gasteiger charge is 2.20. The summed E-state index contributed by atoms with van der Waals surface area (Å²) in [6.07, 6.45) is 2.17. The molecular formula is C9H11ClN2. The summed E-state index contributed by atoms with van der Waals surface area (Å²) in [5.74, 6) is 5.41. The lowest BCUT2D eigenvalue weighted by Crippen LogP contribution is -2.26. The fraction of sp³-hybridized carbons (Fsp3) is 0.333. The molecule has 2 rings (SSSR count). The van der Waals surface area contributed by atoms with Crippen LogP contribution >= 0.6 is 11.6 Å². The Morgan fingerprint density at radius 1 is 1.50 bits per heavy atom. The van der Waals surface area contributed by atoms with E-state index in [0.717, 1.165) is 17.9 Å². The zero-order valence-electron chi connectivity index (χ0n) is 6.68. The van der Waals surface area contributed by atoms with Crippen LogP contribution in [0, 0.1) is 0 Å². The number of hydrazine groups is 1. The number of nitrogens with one attached hydrogen (secondary N) is 1. The highest BCUT2D eigenvalue weighted by Crippen LogP contribution is 2.32. The lowest BCUT2D eigenvalue weighted by Gasteiger charge is -2.09. The standard InChI is InChI=1S/C9H11ClN2/c10-7-3-1-6-2-4-9(12-11)8(6)5-7/h1,3,5,9,12H,2,4,11H2/t9-/m1/s1. The predicted molar refractivity (Wildman–Crippen MR) is 49.8 cm³/mol. The number of nitrogens with two attached hydrogens (primary N) is 1. The highest BCUT2D eigenvalue weighted by atomic mass is 35.5. The van der Waals surface area contributed by atoms with Crippen molar-refractivity contribution in [2.75, 3.05) is 0 Å². The smallest absolute Gasteiger partial charge is 0.0466 e. The van der Waals surface area contributed by atoms with Gasteiger partial charge in [0.1, 0.15) is 0 Å². The van der Waals surface area contributed by atoms with Gasteiger partial charge in [0, 0.05) is 11.1 Å². The molecule has 0 aromatic heterocycles. The second kappa shape index (κ2) is 3.05. The molecule has 64 valence electrons. The molecular weight excluding hydrogens is 172 g/mol. The summed E-state index contributed by atoms with van der Waals surface area (Å²) in [4.78, 5) is 0. The maximum absolute atomic E-state index is 5.88. The number of halogens is 1. The molecule has 0 spiro atoms. The molecule has 0 bridgehead atoms. The summed E-state index contributed by atoms with van der Waals surface area (Å²) in [5.41, 5.74) is 5.41. The molecule has 0 saturated carbocycles. The second-order valence-corrected chi connectivity index (χ2v) is 3.54. The van der Waals surface area contributed by atoms with Crippen molar-refractivity contribution in [2.45, 2.75) is 18.9 Å². The average molecular weight is 183 g/mol. The molecule has 12 heavy (non-hydrogen) atoms. The van der Waals surface area contributed by atoms with Gasteiger partial charge in [0.25, 0.3) is 0 Å². The van der Waals surface area contributed by atoms with Gasteiger partial charge in [0.2, 0.25) is 0 Å². The zero-order valence-corrected chi connectivity index (χ0v) is 7.43. The van der Waals surface area contributed by atoms with Gasteiger partial charge in [0.05, 0.1) is 0 Å². The number of benzene rings is 1. The van der Waals surface area contributed by atoms with E-state index in [0.29, 0.717) is 6.04 Å².